The zero-order chi connectivity index (χ0) is 24.5. The molecule has 0 spiro atoms. The van der Waals surface area contributed by atoms with Crippen molar-refractivity contribution >= 4 is 5.71 Å². The number of hydrogen-bond donors (Lipinski definition) is 1. The van der Waals surface area contributed by atoms with Gasteiger partial charge in [0.15, 0.2) is 18.0 Å². The van der Waals surface area contributed by atoms with Crippen molar-refractivity contribution in [3.8, 4) is 0 Å². The van der Waals surface area contributed by atoms with E-state index in [-0.39, 0.29) is 12.1 Å². The molecule has 174 valence electrons. The molecule has 0 amide bonds. The van der Waals surface area contributed by atoms with Gasteiger partial charge in [-0.1, -0.05) is 92.9 Å². The standard InChI is InChI=1S/C32H37N2/c1-7-9-16-24(3)26(5)23-34(27(6)28-18-11-10-17-25(28)4)32(8-2)30-20-13-12-19-29(30)31-21-14-15-22-33-31/h7,9-23,31-33H,1,3,8H2,2,4-6H3/q+1/b16-9-,26-23+,34-27?. The lowest BCUT2D eigenvalue weighted by Gasteiger charge is -2.23. The van der Waals surface area contributed by atoms with Crippen molar-refractivity contribution in [1.82, 2.24) is 5.32 Å². The predicted octanol–water partition coefficient (Wildman–Crippen LogP) is 7.88. The molecule has 0 aliphatic carbocycles. The third kappa shape index (κ3) is 5.82. The first-order valence-corrected chi connectivity index (χ1v) is 12.0. The lowest BCUT2D eigenvalue weighted by atomic mass is 9.92. The molecule has 2 unspecified atom stereocenters. The van der Waals surface area contributed by atoms with Crippen molar-refractivity contribution in [2.24, 2.45) is 0 Å². The Hall–Kier alpha value is -3.65. The van der Waals surface area contributed by atoms with Crippen molar-refractivity contribution in [3.63, 3.8) is 0 Å². The molecule has 34 heavy (non-hydrogen) atoms. The number of dihydropyridines is 1. The second kappa shape index (κ2) is 12.0. The molecule has 2 heteroatoms. The van der Waals surface area contributed by atoms with E-state index in [0.29, 0.717) is 0 Å². The third-order valence-corrected chi connectivity index (χ3v) is 6.39. The fourth-order valence-corrected chi connectivity index (χ4v) is 4.45. The maximum atomic E-state index is 4.28. The van der Waals surface area contributed by atoms with E-state index < -0.39 is 0 Å². The van der Waals surface area contributed by atoms with Gasteiger partial charge in [0, 0.05) is 30.0 Å². The molecule has 1 aliphatic rings. The largest absolute Gasteiger partial charge is 0.381 e. The van der Waals surface area contributed by atoms with E-state index in [1.807, 2.05) is 24.4 Å². The second-order valence-corrected chi connectivity index (χ2v) is 8.68. The summed E-state index contributed by atoms with van der Waals surface area (Å²) < 4.78 is 2.44. The van der Waals surface area contributed by atoms with Gasteiger partial charge in [0.05, 0.1) is 6.04 Å². The van der Waals surface area contributed by atoms with Crippen molar-refractivity contribution < 1.29 is 4.58 Å². The molecule has 2 aromatic carbocycles. The SMILES string of the molecule is C=C/C=C\C(=C)/C(C)=C/[N+](=C(C)c1ccccc1C)C(CC)c1ccccc1C1C=CC=CN1. The van der Waals surface area contributed by atoms with Crippen LogP contribution in [0.4, 0.5) is 0 Å². The highest BCUT2D eigenvalue weighted by atomic mass is 15.0. The van der Waals surface area contributed by atoms with Gasteiger partial charge in [0.1, 0.15) is 0 Å². The van der Waals surface area contributed by atoms with Crippen LogP contribution in [-0.2, 0) is 0 Å². The average Bonchev–Trinajstić information content (AvgIpc) is 2.87. The summed E-state index contributed by atoms with van der Waals surface area (Å²) >= 11 is 0. The molecular weight excluding hydrogens is 412 g/mol. The first kappa shape index (κ1) is 25.0. The van der Waals surface area contributed by atoms with Gasteiger partial charge in [-0.15, -0.1) is 0 Å². The van der Waals surface area contributed by atoms with Crippen LogP contribution in [0, 0.1) is 6.92 Å². The van der Waals surface area contributed by atoms with E-state index in [1.54, 1.807) is 6.08 Å². The highest BCUT2D eigenvalue weighted by Gasteiger charge is 2.28. The summed E-state index contributed by atoms with van der Waals surface area (Å²) in [5.41, 5.74) is 8.49. The third-order valence-electron chi connectivity index (χ3n) is 6.39. The number of benzene rings is 2. The topological polar surface area (TPSA) is 15.0 Å². The molecule has 2 atom stereocenters. The van der Waals surface area contributed by atoms with Gasteiger partial charge in [0.25, 0.3) is 0 Å². The Bertz CT molecular complexity index is 1190. The van der Waals surface area contributed by atoms with Gasteiger partial charge < -0.3 is 5.32 Å². The average molecular weight is 450 g/mol. The van der Waals surface area contributed by atoms with Crippen molar-refractivity contribution in [2.45, 2.75) is 46.2 Å². The van der Waals surface area contributed by atoms with E-state index in [2.05, 4.69) is 118 Å². The summed E-state index contributed by atoms with van der Waals surface area (Å²) in [6, 6.07) is 17.7. The minimum Gasteiger partial charge on any atom is -0.381 e. The van der Waals surface area contributed by atoms with Gasteiger partial charge in [-0.3, -0.25) is 0 Å². The number of rotatable bonds is 9. The van der Waals surface area contributed by atoms with E-state index in [9.17, 15) is 0 Å². The van der Waals surface area contributed by atoms with Crippen LogP contribution in [0.15, 0.2) is 122 Å². The Morgan fingerprint density at radius 2 is 1.82 bits per heavy atom. The monoisotopic (exact) mass is 449 g/mol. The molecule has 0 saturated heterocycles. The van der Waals surface area contributed by atoms with Crippen molar-refractivity contribution in [3.05, 3.63) is 144 Å². The quantitative estimate of drug-likeness (QED) is 0.234. The number of nitrogens with zero attached hydrogens (tertiary/aromatic N) is 1. The molecule has 1 N–H and O–H groups in total. The highest BCUT2D eigenvalue weighted by Crippen LogP contribution is 2.31. The van der Waals surface area contributed by atoms with E-state index in [1.165, 1.54) is 28.0 Å². The van der Waals surface area contributed by atoms with Crippen LogP contribution in [-0.4, -0.2) is 10.3 Å². The zero-order valence-electron chi connectivity index (χ0n) is 21.0. The Morgan fingerprint density at radius 1 is 1.09 bits per heavy atom. The van der Waals surface area contributed by atoms with Crippen LogP contribution < -0.4 is 5.32 Å². The number of allylic oxidation sites excluding steroid dienone is 7. The molecule has 2 aromatic rings. The number of nitrogens with one attached hydrogen (secondary N) is 1. The Labute approximate surface area is 205 Å². The molecule has 2 nitrogen and oxygen atoms in total. The maximum absolute atomic E-state index is 4.28. The summed E-state index contributed by atoms with van der Waals surface area (Å²) in [4.78, 5) is 0. The summed E-state index contributed by atoms with van der Waals surface area (Å²) in [6.07, 6.45) is 17.3. The smallest absolute Gasteiger partial charge is 0.186 e. The first-order chi connectivity index (χ1) is 16.5. The van der Waals surface area contributed by atoms with Crippen molar-refractivity contribution in [1.29, 1.82) is 0 Å². The predicted molar refractivity (Wildman–Crippen MR) is 147 cm³/mol. The number of hydrogen-bond acceptors (Lipinski definition) is 1. The normalized spacial score (nSPS) is 17.3. The lowest BCUT2D eigenvalue weighted by molar-refractivity contribution is -0.508. The summed E-state index contributed by atoms with van der Waals surface area (Å²) in [6.45, 7) is 16.9. The van der Waals surface area contributed by atoms with Crippen molar-refractivity contribution in [2.75, 3.05) is 0 Å². The van der Waals surface area contributed by atoms with E-state index in [0.717, 1.165) is 17.6 Å². The van der Waals surface area contributed by atoms with Crippen LogP contribution in [0.3, 0.4) is 0 Å². The number of aryl methyl sites for hydroxylation is 1. The molecule has 0 bridgehead atoms. The molecule has 1 heterocycles. The van der Waals surface area contributed by atoms with Gasteiger partial charge in [0.2, 0.25) is 0 Å². The Morgan fingerprint density at radius 3 is 2.50 bits per heavy atom. The van der Waals surface area contributed by atoms with E-state index in [4.69, 9.17) is 0 Å². The van der Waals surface area contributed by atoms with Gasteiger partial charge in [-0.2, -0.15) is 4.58 Å². The van der Waals surface area contributed by atoms with Gasteiger partial charge in [-0.05, 0) is 48.9 Å². The molecule has 0 saturated carbocycles. The van der Waals surface area contributed by atoms with Crippen LogP contribution in [0.2, 0.25) is 0 Å². The second-order valence-electron chi connectivity index (χ2n) is 8.68. The molecular formula is C32H37N2+. The molecule has 0 radical (unpaired) electrons. The van der Waals surface area contributed by atoms with Gasteiger partial charge >= 0.3 is 0 Å². The zero-order valence-corrected chi connectivity index (χ0v) is 21.0. The Balaban J connectivity index is 2.21. The van der Waals surface area contributed by atoms with E-state index >= 15 is 0 Å². The Kier molecular flexibility index (Phi) is 8.81. The first-order valence-electron chi connectivity index (χ1n) is 12.0. The van der Waals surface area contributed by atoms with Crippen LogP contribution in [0.1, 0.15) is 61.5 Å². The van der Waals surface area contributed by atoms with Gasteiger partial charge in [-0.25, -0.2) is 0 Å². The summed E-state index contributed by atoms with van der Waals surface area (Å²) in [5.74, 6) is 0. The summed E-state index contributed by atoms with van der Waals surface area (Å²) in [7, 11) is 0. The molecule has 0 fully saturated rings. The molecule has 1 aliphatic heterocycles. The fraction of sp³-hybridized carbons (Fsp3) is 0.219. The lowest BCUT2D eigenvalue weighted by Crippen LogP contribution is -2.25. The van der Waals surface area contributed by atoms with Crippen LogP contribution in [0.5, 0.6) is 0 Å². The van der Waals surface area contributed by atoms with Crippen LogP contribution in [0.25, 0.3) is 0 Å². The highest BCUT2D eigenvalue weighted by molar-refractivity contribution is 5.96. The molecule has 0 aromatic heterocycles. The van der Waals surface area contributed by atoms with Crippen LogP contribution >= 0.6 is 0 Å². The fourth-order valence-electron chi connectivity index (χ4n) is 4.45. The summed E-state index contributed by atoms with van der Waals surface area (Å²) in [5, 5.41) is 3.51. The minimum atomic E-state index is 0.159. The molecule has 3 rings (SSSR count). The minimum absolute atomic E-state index is 0.159. The maximum Gasteiger partial charge on any atom is 0.186 e.